The summed E-state index contributed by atoms with van der Waals surface area (Å²) >= 11 is 0. The summed E-state index contributed by atoms with van der Waals surface area (Å²) in [7, 11) is 0. The monoisotopic (exact) mass is 234 g/mol. The van der Waals surface area contributed by atoms with E-state index in [1.165, 1.54) is 5.56 Å². The normalized spacial score (nSPS) is 11.6. The maximum atomic E-state index is 10.5. The number of nitrogens with zero attached hydrogens (tertiary/aromatic N) is 1. The Bertz CT molecular complexity index is 409. The molecule has 0 radical (unpaired) electrons. The molecule has 2 amide bonds. The third kappa shape index (κ3) is 5.01. The number of benzene rings is 1. The van der Waals surface area contributed by atoms with Crippen molar-refractivity contribution in [3.63, 3.8) is 0 Å². The van der Waals surface area contributed by atoms with Crippen LogP contribution in [0.2, 0.25) is 0 Å². The average molecular weight is 234 g/mol. The van der Waals surface area contributed by atoms with Crippen molar-refractivity contribution in [3.05, 3.63) is 29.8 Å². The second-order valence-electron chi connectivity index (χ2n) is 4.25. The summed E-state index contributed by atoms with van der Waals surface area (Å²) in [5.74, 6) is 0.611. The molecule has 1 aromatic rings. The second kappa shape index (κ2) is 5.89. The SMILES string of the molecule is CC(C)Cc1ccc(/N=C(/N)NC(N)=O)cc1. The van der Waals surface area contributed by atoms with E-state index in [-0.39, 0.29) is 5.96 Å². The fourth-order valence-corrected chi connectivity index (χ4v) is 1.47. The third-order valence-corrected chi connectivity index (χ3v) is 2.08. The van der Waals surface area contributed by atoms with E-state index in [4.69, 9.17) is 11.5 Å². The van der Waals surface area contributed by atoms with Crippen LogP contribution < -0.4 is 16.8 Å². The van der Waals surface area contributed by atoms with Crippen molar-refractivity contribution in [1.29, 1.82) is 0 Å². The van der Waals surface area contributed by atoms with Crippen LogP contribution in [-0.4, -0.2) is 12.0 Å². The molecular weight excluding hydrogens is 216 g/mol. The molecule has 1 aromatic carbocycles. The lowest BCUT2D eigenvalue weighted by atomic mass is 10.0. The Balaban J connectivity index is 2.70. The molecular formula is C12H18N4O. The molecule has 0 unspecified atom stereocenters. The number of carbonyl (C=O) groups is 1. The second-order valence-corrected chi connectivity index (χ2v) is 4.25. The van der Waals surface area contributed by atoms with Crippen LogP contribution in [0.3, 0.4) is 0 Å². The smallest absolute Gasteiger partial charge is 0.318 e. The Labute approximate surface area is 101 Å². The maximum Gasteiger partial charge on any atom is 0.318 e. The van der Waals surface area contributed by atoms with Crippen LogP contribution in [-0.2, 0) is 6.42 Å². The number of rotatable bonds is 3. The number of urea groups is 1. The Hall–Kier alpha value is -2.04. The molecule has 0 aliphatic carbocycles. The van der Waals surface area contributed by atoms with Gasteiger partial charge >= 0.3 is 6.03 Å². The van der Waals surface area contributed by atoms with Crippen LogP contribution in [0.4, 0.5) is 10.5 Å². The standard InChI is InChI=1S/C12H18N4O/c1-8(2)7-9-3-5-10(6-4-9)15-11(13)16-12(14)17/h3-6,8H,7H2,1-2H3,(H5,13,14,15,16,17). The lowest BCUT2D eigenvalue weighted by Gasteiger charge is -2.05. The molecule has 0 aliphatic rings. The number of guanidine groups is 1. The molecule has 17 heavy (non-hydrogen) atoms. The summed E-state index contributed by atoms with van der Waals surface area (Å²) in [4.78, 5) is 14.5. The Morgan fingerprint density at radius 1 is 1.29 bits per heavy atom. The molecule has 5 nitrogen and oxygen atoms in total. The van der Waals surface area contributed by atoms with Crippen molar-refractivity contribution in [2.24, 2.45) is 22.4 Å². The van der Waals surface area contributed by atoms with E-state index < -0.39 is 6.03 Å². The zero-order valence-electron chi connectivity index (χ0n) is 10.1. The summed E-state index contributed by atoms with van der Waals surface area (Å²) in [5.41, 5.74) is 12.3. The van der Waals surface area contributed by atoms with Crippen LogP contribution in [0.25, 0.3) is 0 Å². The van der Waals surface area contributed by atoms with Crippen LogP contribution in [0, 0.1) is 5.92 Å². The summed E-state index contributed by atoms with van der Waals surface area (Å²) in [6.07, 6.45) is 1.03. The number of carbonyl (C=O) groups excluding carboxylic acids is 1. The number of amides is 2. The fourth-order valence-electron chi connectivity index (χ4n) is 1.47. The van der Waals surface area contributed by atoms with Gasteiger partial charge in [0.1, 0.15) is 0 Å². The molecule has 0 atom stereocenters. The first-order valence-electron chi connectivity index (χ1n) is 5.47. The molecule has 0 fully saturated rings. The molecule has 0 aliphatic heterocycles. The number of primary amides is 1. The first-order chi connectivity index (χ1) is 7.97. The van der Waals surface area contributed by atoms with Crippen molar-refractivity contribution in [1.82, 2.24) is 5.32 Å². The summed E-state index contributed by atoms with van der Waals surface area (Å²) < 4.78 is 0. The minimum Gasteiger partial charge on any atom is -0.369 e. The summed E-state index contributed by atoms with van der Waals surface area (Å²) in [5, 5.41) is 2.20. The van der Waals surface area contributed by atoms with Gasteiger partial charge in [-0.15, -0.1) is 0 Å². The maximum absolute atomic E-state index is 10.5. The highest BCUT2D eigenvalue weighted by molar-refractivity contribution is 5.95. The van der Waals surface area contributed by atoms with Crippen LogP contribution in [0.1, 0.15) is 19.4 Å². The predicted octanol–water partition coefficient (Wildman–Crippen LogP) is 1.50. The molecule has 92 valence electrons. The fraction of sp³-hybridized carbons (Fsp3) is 0.333. The van der Waals surface area contributed by atoms with E-state index >= 15 is 0 Å². The lowest BCUT2D eigenvalue weighted by Crippen LogP contribution is -2.39. The number of hydrogen-bond acceptors (Lipinski definition) is 2. The van der Waals surface area contributed by atoms with Gasteiger partial charge in [-0.3, -0.25) is 5.32 Å². The van der Waals surface area contributed by atoms with Crippen LogP contribution >= 0.6 is 0 Å². The molecule has 0 bridgehead atoms. The molecule has 0 aromatic heterocycles. The van der Waals surface area contributed by atoms with Crippen molar-refractivity contribution < 1.29 is 4.79 Å². The topological polar surface area (TPSA) is 93.5 Å². The number of hydrogen-bond donors (Lipinski definition) is 3. The number of nitrogens with two attached hydrogens (primary N) is 2. The minimum atomic E-state index is -0.720. The Kier molecular flexibility index (Phi) is 4.51. The van der Waals surface area contributed by atoms with E-state index in [1.54, 1.807) is 0 Å². The molecule has 0 saturated heterocycles. The molecule has 5 N–H and O–H groups in total. The van der Waals surface area contributed by atoms with Crippen LogP contribution in [0.5, 0.6) is 0 Å². The zero-order valence-corrected chi connectivity index (χ0v) is 10.1. The number of aliphatic imine (C=N–C) groups is 1. The first kappa shape index (κ1) is 13.0. The van der Waals surface area contributed by atoms with Gasteiger partial charge in [0, 0.05) is 0 Å². The quantitative estimate of drug-likeness (QED) is 0.546. The molecule has 1 rings (SSSR count). The first-order valence-corrected chi connectivity index (χ1v) is 5.47. The Morgan fingerprint density at radius 3 is 2.35 bits per heavy atom. The number of nitrogens with one attached hydrogen (secondary N) is 1. The van der Waals surface area contributed by atoms with Crippen molar-refractivity contribution >= 4 is 17.7 Å². The van der Waals surface area contributed by atoms with Gasteiger partial charge in [-0.2, -0.15) is 0 Å². The minimum absolute atomic E-state index is 0.00545. The third-order valence-electron chi connectivity index (χ3n) is 2.08. The van der Waals surface area contributed by atoms with Crippen molar-refractivity contribution in [2.75, 3.05) is 0 Å². The van der Waals surface area contributed by atoms with Gasteiger partial charge in [-0.1, -0.05) is 26.0 Å². The Morgan fingerprint density at radius 2 is 1.88 bits per heavy atom. The zero-order chi connectivity index (χ0) is 12.8. The van der Waals surface area contributed by atoms with Crippen molar-refractivity contribution in [3.8, 4) is 0 Å². The molecule has 0 heterocycles. The van der Waals surface area contributed by atoms with Gasteiger partial charge in [0.25, 0.3) is 0 Å². The van der Waals surface area contributed by atoms with E-state index in [0.717, 1.165) is 6.42 Å². The molecule has 0 saturated carbocycles. The van der Waals surface area contributed by atoms with E-state index in [0.29, 0.717) is 11.6 Å². The van der Waals surface area contributed by atoms with Gasteiger partial charge in [-0.25, -0.2) is 9.79 Å². The largest absolute Gasteiger partial charge is 0.369 e. The van der Waals surface area contributed by atoms with E-state index in [1.807, 2.05) is 24.3 Å². The molecule has 5 heteroatoms. The lowest BCUT2D eigenvalue weighted by molar-refractivity contribution is 0.253. The predicted molar refractivity (Wildman–Crippen MR) is 69.0 cm³/mol. The summed E-state index contributed by atoms with van der Waals surface area (Å²) in [6.45, 7) is 4.33. The van der Waals surface area contributed by atoms with Gasteiger partial charge in [-0.05, 0) is 30.0 Å². The van der Waals surface area contributed by atoms with Gasteiger partial charge in [0.2, 0.25) is 5.96 Å². The van der Waals surface area contributed by atoms with E-state index in [9.17, 15) is 4.79 Å². The van der Waals surface area contributed by atoms with Gasteiger partial charge < -0.3 is 11.5 Å². The highest BCUT2D eigenvalue weighted by Crippen LogP contribution is 2.15. The highest BCUT2D eigenvalue weighted by Gasteiger charge is 1.99. The van der Waals surface area contributed by atoms with E-state index in [2.05, 4.69) is 24.2 Å². The molecule has 0 spiro atoms. The van der Waals surface area contributed by atoms with Crippen molar-refractivity contribution in [2.45, 2.75) is 20.3 Å². The summed E-state index contributed by atoms with van der Waals surface area (Å²) in [6, 6.07) is 6.98. The van der Waals surface area contributed by atoms with Gasteiger partial charge in [0.15, 0.2) is 0 Å². The highest BCUT2D eigenvalue weighted by atomic mass is 16.2. The van der Waals surface area contributed by atoms with Crippen LogP contribution in [0.15, 0.2) is 29.3 Å². The van der Waals surface area contributed by atoms with Gasteiger partial charge in [0.05, 0.1) is 5.69 Å². The average Bonchev–Trinajstić information content (AvgIpc) is 2.18.